The molecule has 0 saturated heterocycles. The molecule has 0 unspecified atom stereocenters. The zero-order valence-electron chi connectivity index (χ0n) is 13.8. The third-order valence-electron chi connectivity index (χ3n) is 3.18. The van der Waals surface area contributed by atoms with E-state index in [0.29, 0.717) is 21.7 Å². The first-order valence-corrected chi connectivity index (χ1v) is 9.80. The second kappa shape index (κ2) is 8.76. The summed E-state index contributed by atoms with van der Waals surface area (Å²) in [5.74, 6) is -0.644. The van der Waals surface area contributed by atoms with Crippen LogP contribution in [0.5, 0.6) is 0 Å². The highest BCUT2D eigenvalue weighted by molar-refractivity contribution is 8.01. The SMILES string of the molecule is O=C(CSc1nnc(Nc2ccccc2)s1)Nc1ncc(C(F)(F)F)cc1Cl. The number of rotatable bonds is 6. The molecule has 0 aliphatic rings. The predicted octanol–water partition coefficient (Wildman–Crippen LogP) is 5.08. The number of para-hydroxylation sites is 1. The van der Waals surface area contributed by atoms with Gasteiger partial charge in [0.05, 0.1) is 16.3 Å². The lowest BCUT2D eigenvalue weighted by atomic mass is 10.3. The van der Waals surface area contributed by atoms with Crippen molar-refractivity contribution >= 4 is 57.2 Å². The van der Waals surface area contributed by atoms with Crippen LogP contribution in [0.3, 0.4) is 0 Å². The van der Waals surface area contributed by atoms with Crippen molar-refractivity contribution in [2.45, 2.75) is 10.5 Å². The molecule has 2 heterocycles. The maximum absolute atomic E-state index is 12.6. The van der Waals surface area contributed by atoms with Gasteiger partial charge >= 0.3 is 6.18 Å². The second-order valence-corrected chi connectivity index (χ2v) is 7.86. The Hall–Kier alpha value is -2.37. The molecule has 0 aliphatic carbocycles. The number of halogens is 4. The number of nitrogens with zero attached hydrogens (tertiary/aromatic N) is 3. The monoisotopic (exact) mass is 445 g/mol. The highest BCUT2D eigenvalue weighted by Crippen LogP contribution is 2.32. The molecule has 28 heavy (non-hydrogen) atoms. The number of anilines is 3. The summed E-state index contributed by atoms with van der Waals surface area (Å²) in [6, 6.07) is 10.1. The van der Waals surface area contributed by atoms with Crippen LogP contribution in [-0.4, -0.2) is 26.8 Å². The van der Waals surface area contributed by atoms with Gasteiger partial charge in [0.15, 0.2) is 10.2 Å². The molecule has 0 saturated carbocycles. The van der Waals surface area contributed by atoms with E-state index >= 15 is 0 Å². The molecular weight excluding hydrogens is 435 g/mol. The van der Waals surface area contributed by atoms with Gasteiger partial charge in [-0.25, -0.2) is 4.98 Å². The Morgan fingerprint density at radius 1 is 1.21 bits per heavy atom. The van der Waals surface area contributed by atoms with Gasteiger partial charge in [-0.05, 0) is 18.2 Å². The topological polar surface area (TPSA) is 79.8 Å². The largest absolute Gasteiger partial charge is 0.417 e. The number of alkyl halides is 3. The maximum Gasteiger partial charge on any atom is 0.417 e. The third kappa shape index (κ3) is 5.57. The van der Waals surface area contributed by atoms with Crippen molar-refractivity contribution in [2.75, 3.05) is 16.4 Å². The number of hydrogen-bond donors (Lipinski definition) is 2. The molecule has 12 heteroatoms. The van der Waals surface area contributed by atoms with Crippen LogP contribution in [0.2, 0.25) is 5.02 Å². The lowest BCUT2D eigenvalue weighted by Crippen LogP contribution is -2.16. The second-order valence-electron chi connectivity index (χ2n) is 5.25. The van der Waals surface area contributed by atoms with Gasteiger partial charge in [-0.15, -0.1) is 10.2 Å². The average molecular weight is 446 g/mol. The zero-order valence-corrected chi connectivity index (χ0v) is 16.2. The summed E-state index contributed by atoms with van der Waals surface area (Å²) in [4.78, 5) is 15.6. The molecule has 0 fully saturated rings. The fraction of sp³-hybridized carbons (Fsp3) is 0.125. The molecular formula is C16H11ClF3N5OS2. The molecule has 2 aromatic heterocycles. The van der Waals surface area contributed by atoms with Gasteiger partial charge in [-0.2, -0.15) is 13.2 Å². The molecule has 1 aromatic carbocycles. The molecule has 0 radical (unpaired) electrons. The molecule has 2 N–H and O–H groups in total. The first-order chi connectivity index (χ1) is 13.3. The third-order valence-corrected chi connectivity index (χ3v) is 5.44. The van der Waals surface area contributed by atoms with Gasteiger partial charge in [-0.3, -0.25) is 4.79 Å². The van der Waals surface area contributed by atoms with Crippen molar-refractivity contribution in [2.24, 2.45) is 0 Å². The minimum Gasteiger partial charge on any atom is -0.330 e. The highest BCUT2D eigenvalue weighted by Gasteiger charge is 2.31. The number of pyridine rings is 1. The number of nitrogens with one attached hydrogen (secondary N) is 2. The van der Waals surface area contributed by atoms with E-state index in [1.54, 1.807) is 0 Å². The number of carbonyl (C=O) groups is 1. The summed E-state index contributed by atoms with van der Waals surface area (Å²) in [7, 11) is 0. The summed E-state index contributed by atoms with van der Waals surface area (Å²) in [6.07, 6.45) is -3.95. The van der Waals surface area contributed by atoms with Crippen molar-refractivity contribution in [1.29, 1.82) is 0 Å². The van der Waals surface area contributed by atoms with Gasteiger partial charge in [0.25, 0.3) is 0 Å². The molecule has 1 amide bonds. The van der Waals surface area contributed by atoms with Crippen molar-refractivity contribution in [3.05, 3.63) is 53.2 Å². The van der Waals surface area contributed by atoms with Crippen LogP contribution in [0.4, 0.5) is 29.8 Å². The van der Waals surface area contributed by atoms with Crippen molar-refractivity contribution in [3.63, 3.8) is 0 Å². The van der Waals surface area contributed by atoms with Crippen molar-refractivity contribution in [1.82, 2.24) is 15.2 Å². The van der Waals surface area contributed by atoms with E-state index in [9.17, 15) is 18.0 Å². The van der Waals surface area contributed by atoms with Gasteiger partial charge in [0, 0.05) is 11.9 Å². The average Bonchev–Trinajstić information content (AvgIpc) is 3.09. The van der Waals surface area contributed by atoms with Crippen LogP contribution in [0.25, 0.3) is 0 Å². The molecule has 3 aromatic rings. The van der Waals surface area contributed by atoms with E-state index in [2.05, 4.69) is 25.8 Å². The Bertz CT molecular complexity index is 968. The fourth-order valence-corrected chi connectivity index (χ4v) is 3.73. The first-order valence-electron chi connectivity index (χ1n) is 7.62. The lowest BCUT2D eigenvalue weighted by molar-refractivity contribution is -0.137. The van der Waals surface area contributed by atoms with E-state index in [0.717, 1.165) is 17.4 Å². The van der Waals surface area contributed by atoms with Crippen LogP contribution in [0, 0.1) is 0 Å². The Morgan fingerprint density at radius 3 is 2.64 bits per heavy atom. The van der Waals surface area contributed by atoms with Crippen molar-refractivity contribution < 1.29 is 18.0 Å². The minimum atomic E-state index is -4.56. The minimum absolute atomic E-state index is 0.0288. The Labute approximate surface area is 170 Å². The van der Waals surface area contributed by atoms with Gasteiger partial charge < -0.3 is 10.6 Å². The number of thioether (sulfide) groups is 1. The Balaban J connectivity index is 1.53. The van der Waals surface area contributed by atoms with Crippen LogP contribution >= 0.6 is 34.7 Å². The fourth-order valence-electron chi connectivity index (χ4n) is 1.94. The Kier molecular flexibility index (Phi) is 6.37. The number of aromatic nitrogens is 3. The molecule has 0 aliphatic heterocycles. The van der Waals surface area contributed by atoms with E-state index < -0.39 is 17.6 Å². The normalized spacial score (nSPS) is 11.3. The van der Waals surface area contributed by atoms with Crippen molar-refractivity contribution in [3.8, 4) is 0 Å². The number of benzene rings is 1. The summed E-state index contributed by atoms with van der Waals surface area (Å²) in [5.41, 5.74) is -0.131. The van der Waals surface area contributed by atoms with E-state index in [-0.39, 0.29) is 16.6 Å². The van der Waals surface area contributed by atoms with Crippen LogP contribution in [0.15, 0.2) is 46.9 Å². The Morgan fingerprint density at radius 2 is 1.96 bits per heavy atom. The molecule has 3 rings (SSSR count). The summed E-state index contributed by atoms with van der Waals surface area (Å²) in [5, 5.41) is 13.7. The predicted molar refractivity (Wildman–Crippen MR) is 103 cm³/mol. The van der Waals surface area contributed by atoms with E-state index in [4.69, 9.17) is 11.6 Å². The standard InChI is InChI=1S/C16H11ClF3N5OS2/c17-11-6-9(16(18,19)20)7-21-13(11)23-12(26)8-27-15-25-24-14(28-15)22-10-4-2-1-3-5-10/h1-7H,8H2,(H,22,24)(H,21,23,26). The number of carbonyl (C=O) groups excluding carboxylic acids is 1. The van der Waals surface area contributed by atoms with Crippen LogP contribution < -0.4 is 10.6 Å². The van der Waals surface area contributed by atoms with Crippen LogP contribution in [-0.2, 0) is 11.0 Å². The molecule has 0 atom stereocenters. The van der Waals surface area contributed by atoms with Gasteiger partial charge in [0.1, 0.15) is 0 Å². The highest BCUT2D eigenvalue weighted by atomic mass is 35.5. The van der Waals surface area contributed by atoms with Gasteiger partial charge in [0.2, 0.25) is 11.0 Å². The zero-order chi connectivity index (χ0) is 20.1. The molecule has 146 valence electrons. The molecule has 0 bridgehead atoms. The summed E-state index contributed by atoms with van der Waals surface area (Å²) < 4.78 is 38.4. The quantitative estimate of drug-likeness (QED) is 0.515. The van der Waals surface area contributed by atoms with E-state index in [1.807, 2.05) is 30.3 Å². The smallest absolute Gasteiger partial charge is 0.330 e. The maximum atomic E-state index is 12.6. The lowest BCUT2D eigenvalue weighted by Gasteiger charge is -2.09. The summed E-state index contributed by atoms with van der Waals surface area (Å²) in [6.45, 7) is 0. The van der Waals surface area contributed by atoms with Gasteiger partial charge in [-0.1, -0.05) is 52.9 Å². The summed E-state index contributed by atoms with van der Waals surface area (Å²) >= 11 is 8.17. The number of hydrogen-bond acceptors (Lipinski definition) is 7. The molecule has 6 nitrogen and oxygen atoms in total. The molecule has 0 spiro atoms. The number of amides is 1. The van der Waals surface area contributed by atoms with Crippen LogP contribution in [0.1, 0.15) is 5.56 Å². The van der Waals surface area contributed by atoms with E-state index in [1.165, 1.54) is 11.3 Å². The first kappa shape index (κ1) is 20.4.